The highest BCUT2D eigenvalue weighted by Crippen LogP contribution is 2.18. The smallest absolute Gasteiger partial charge is 0.226 e. The molecule has 1 aliphatic heterocycles. The summed E-state index contributed by atoms with van der Waals surface area (Å²) in [6.45, 7) is 6.97. The molecule has 1 heterocycles. The van der Waals surface area contributed by atoms with Crippen molar-refractivity contribution in [2.75, 3.05) is 6.54 Å². The van der Waals surface area contributed by atoms with E-state index in [0.717, 1.165) is 31.5 Å². The minimum atomic E-state index is 0.260. The molecule has 12 heavy (non-hydrogen) atoms. The lowest BCUT2D eigenvalue weighted by molar-refractivity contribution is -0.126. The lowest BCUT2D eigenvalue weighted by atomic mass is 10.2. The average Bonchev–Trinajstić information content (AvgIpc) is 2.47. The van der Waals surface area contributed by atoms with Crippen LogP contribution in [-0.2, 0) is 4.79 Å². The molecule has 0 aromatic rings. The molecule has 0 N–H and O–H groups in total. The first-order chi connectivity index (χ1) is 5.75. The summed E-state index contributed by atoms with van der Waals surface area (Å²) < 4.78 is 0. The molecule has 1 saturated heterocycles. The second-order valence-electron chi connectivity index (χ2n) is 3.32. The van der Waals surface area contributed by atoms with Gasteiger partial charge in [-0.25, -0.2) is 0 Å². The molecule has 2 heteroatoms. The maximum absolute atomic E-state index is 11.2. The molecule has 1 rings (SSSR count). The summed E-state index contributed by atoms with van der Waals surface area (Å²) in [5, 5.41) is 0. The van der Waals surface area contributed by atoms with Gasteiger partial charge in [-0.1, -0.05) is 19.9 Å². The summed E-state index contributed by atoms with van der Waals surface area (Å²) in [4.78, 5) is 13.1. The maximum atomic E-state index is 11.2. The Morgan fingerprint density at radius 2 is 2.42 bits per heavy atom. The van der Waals surface area contributed by atoms with Crippen LogP contribution in [-0.4, -0.2) is 17.4 Å². The molecule has 0 aromatic carbocycles. The highest BCUT2D eigenvalue weighted by molar-refractivity contribution is 5.79. The molecule has 0 bridgehead atoms. The lowest BCUT2D eigenvalue weighted by Crippen LogP contribution is -2.23. The third-order valence-electron chi connectivity index (χ3n) is 2.27. The fourth-order valence-corrected chi connectivity index (χ4v) is 1.50. The van der Waals surface area contributed by atoms with Crippen LogP contribution in [0.1, 0.15) is 39.0 Å². The Labute approximate surface area is 74.2 Å². The SMILES string of the molecule is C=C(CCCC)N1CCCC1=O. The van der Waals surface area contributed by atoms with Crippen molar-refractivity contribution in [1.82, 2.24) is 4.90 Å². The molecular weight excluding hydrogens is 150 g/mol. The zero-order valence-corrected chi connectivity index (χ0v) is 7.81. The molecule has 0 saturated carbocycles. The Morgan fingerprint density at radius 1 is 1.67 bits per heavy atom. The number of amides is 1. The average molecular weight is 167 g/mol. The van der Waals surface area contributed by atoms with Crippen molar-refractivity contribution in [2.24, 2.45) is 0 Å². The first-order valence-electron chi connectivity index (χ1n) is 4.74. The monoisotopic (exact) mass is 167 g/mol. The summed E-state index contributed by atoms with van der Waals surface area (Å²) in [5.41, 5.74) is 1.01. The standard InChI is InChI=1S/C10H17NO/c1-3-4-6-9(2)11-8-5-7-10(11)12/h2-8H2,1H3. The zero-order valence-electron chi connectivity index (χ0n) is 7.81. The molecule has 1 aliphatic rings. The molecule has 2 nitrogen and oxygen atoms in total. The number of carbonyl (C=O) groups excluding carboxylic acids is 1. The van der Waals surface area contributed by atoms with Crippen LogP contribution in [0, 0.1) is 0 Å². The number of nitrogens with zero attached hydrogens (tertiary/aromatic N) is 1. The van der Waals surface area contributed by atoms with Gasteiger partial charge in [0.05, 0.1) is 0 Å². The molecule has 0 unspecified atom stereocenters. The van der Waals surface area contributed by atoms with Gasteiger partial charge in [0.15, 0.2) is 0 Å². The van der Waals surface area contributed by atoms with Crippen LogP contribution in [0.2, 0.25) is 0 Å². The van der Waals surface area contributed by atoms with E-state index in [1.807, 2.05) is 4.90 Å². The normalized spacial score (nSPS) is 17.1. The fourth-order valence-electron chi connectivity index (χ4n) is 1.50. The van der Waals surface area contributed by atoms with Crippen molar-refractivity contribution < 1.29 is 4.79 Å². The number of unbranched alkanes of at least 4 members (excludes halogenated alkanes) is 1. The van der Waals surface area contributed by atoms with E-state index in [-0.39, 0.29) is 5.91 Å². The van der Waals surface area contributed by atoms with E-state index in [0.29, 0.717) is 6.42 Å². The Hall–Kier alpha value is -0.790. The van der Waals surface area contributed by atoms with Crippen LogP contribution in [0.4, 0.5) is 0 Å². The van der Waals surface area contributed by atoms with Gasteiger partial charge in [0, 0.05) is 18.7 Å². The van der Waals surface area contributed by atoms with Crippen LogP contribution in [0.3, 0.4) is 0 Å². The van der Waals surface area contributed by atoms with Gasteiger partial charge in [0.2, 0.25) is 5.91 Å². The first-order valence-corrected chi connectivity index (χ1v) is 4.74. The topological polar surface area (TPSA) is 20.3 Å². The van der Waals surface area contributed by atoms with E-state index < -0.39 is 0 Å². The van der Waals surface area contributed by atoms with Crippen molar-refractivity contribution in [2.45, 2.75) is 39.0 Å². The number of likely N-dealkylation sites (tertiary alicyclic amines) is 1. The van der Waals surface area contributed by atoms with Gasteiger partial charge in [-0.3, -0.25) is 4.79 Å². The summed E-state index contributed by atoms with van der Waals surface area (Å²) in [6, 6.07) is 0. The number of carbonyl (C=O) groups is 1. The summed E-state index contributed by atoms with van der Waals surface area (Å²) >= 11 is 0. The van der Waals surface area contributed by atoms with Gasteiger partial charge < -0.3 is 4.90 Å². The molecule has 0 atom stereocenters. The Bertz CT molecular complexity index is 186. The molecule has 1 fully saturated rings. The maximum Gasteiger partial charge on any atom is 0.226 e. The van der Waals surface area contributed by atoms with E-state index in [1.54, 1.807) is 0 Å². The quantitative estimate of drug-likeness (QED) is 0.629. The van der Waals surface area contributed by atoms with Crippen molar-refractivity contribution in [3.63, 3.8) is 0 Å². The predicted molar refractivity (Wildman–Crippen MR) is 49.6 cm³/mol. The van der Waals surface area contributed by atoms with Gasteiger partial charge in [0.25, 0.3) is 0 Å². The van der Waals surface area contributed by atoms with Crippen LogP contribution in [0.25, 0.3) is 0 Å². The highest BCUT2D eigenvalue weighted by Gasteiger charge is 2.21. The summed E-state index contributed by atoms with van der Waals surface area (Å²) in [6.07, 6.45) is 5.00. The van der Waals surface area contributed by atoms with Gasteiger partial charge in [-0.15, -0.1) is 0 Å². The molecule has 68 valence electrons. The predicted octanol–water partition coefficient (Wildman–Crippen LogP) is 2.31. The number of hydrogen-bond donors (Lipinski definition) is 0. The van der Waals surface area contributed by atoms with Crippen molar-refractivity contribution in [1.29, 1.82) is 0 Å². The Morgan fingerprint density at radius 3 is 2.92 bits per heavy atom. The molecule has 0 radical (unpaired) electrons. The highest BCUT2D eigenvalue weighted by atomic mass is 16.2. The van der Waals surface area contributed by atoms with E-state index in [9.17, 15) is 4.79 Å². The van der Waals surface area contributed by atoms with Crippen LogP contribution in [0.5, 0.6) is 0 Å². The minimum absolute atomic E-state index is 0.260. The van der Waals surface area contributed by atoms with Crippen molar-refractivity contribution in [3.05, 3.63) is 12.3 Å². The van der Waals surface area contributed by atoms with Gasteiger partial charge in [-0.05, 0) is 19.3 Å². The molecule has 1 amide bonds. The van der Waals surface area contributed by atoms with E-state index in [2.05, 4.69) is 13.5 Å². The lowest BCUT2D eigenvalue weighted by Gasteiger charge is -2.17. The Balaban J connectivity index is 2.36. The van der Waals surface area contributed by atoms with Crippen LogP contribution < -0.4 is 0 Å². The van der Waals surface area contributed by atoms with Gasteiger partial charge in [0.1, 0.15) is 0 Å². The molecule has 0 aliphatic carbocycles. The van der Waals surface area contributed by atoms with E-state index in [4.69, 9.17) is 0 Å². The number of hydrogen-bond acceptors (Lipinski definition) is 1. The number of allylic oxidation sites excluding steroid dienone is 1. The second-order valence-corrected chi connectivity index (χ2v) is 3.32. The Kier molecular flexibility index (Phi) is 3.32. The zero-order chi connectivity index (χ0) is 8.97. The molecule has 0 aromatic heterocycles. The third-order valence-corrected chi connectivity index (χ3v) is 2.27. The first kappa shape index (κ1) is 9.30. The van der Waals surface area contributed by atoms with Gasteiger partial charge in [-0.2, -0.15) is 0 Å². The largest absolute Gasteiger partial charge is 0.317 e. The second kappa shape index (κ2) is 4.29. The van der Waals surface area contributed by atoms with E-state index >= 15 is 0 Å². The fraction of sp³-hybridized carbons (Fsp3) is 0.700. The summed E-state index contributed by atoms with van der Waals surface area (Å²) in [5.74, 6) is 0.260. The van der Waals surface area contributed by atoms with Gasteiger partial charge >= 0.3 is 0 Å². The molecular formula is C10H17NO. The van der Waals surface area contributed by atoms with Crippen molar-refractivity contribution in [3.8, 4) is 0 Å². The third kappa shape index (κ3) is 2.10. The van der Waals surface area contributed by atoms with E-state index in [1.165, 1.54) is 6.42 Å². The minimum Gasteiger partial charge on any atom is -0.317 e. The van der Waals surface area contributed by atoms with Crippen LogP contribution >= 0.6 is 0 Å². The summed E-state index contributed by atoms with van der Waals surface area (Å²) in [7, 11) is 0. The van der Waals surface area contributed by atoms with Crippen molar-refractivity contribution >= 4 is 5.91 Å². The molecule has 0 spiro atoms. The van der Waals surface area contributed by atoms with Crippen LogP contribution in [0.15, 0.2) is 12.3 Å². The number of rotatable bonds is 4.